The molecule has 0 aliphatic carbocycles. The number of aromatic amines is 1. The molecule has 204 valence electrons. The zero-order valence-electron chi connectivity index (χ0n) is 22.3. The van der Waals surface area contributed by atoms with Crippen LogP contribution in [0.15, 0.2) is 29.8 Å². The molecule has 1 unspecified atom stereocenters. The summed E-state index contributed by atoms with van der Waals surface area (Å²) in [6, 6.07) is 6.31. The van der Waals surface area contributed by atoms with Gasteiger partial charge < -0.3 is 29.2 Å². The topological polar surface area (TPSA) is 121 Å². The van der Waals surface area contributed by atoms with Crippen molar-refractivity contribution in [1.82, 2.24) is 14.8 Å². The van der Waals surface area contributed by atoms with E-state index in [0.29, 0.717) is 54.3 Å². The lowest BCUT2D eigenvalue weighted by atomic mass is 9.94. The van der Waals surface area contributed by atoms with Gasteiger partial charge in [-0.05, 0) is 50.5 Å². The summed E-state index contributed by atoms with van der Waals surface area (Å²) >= 11 is 0. The van der Waals surface area contributed by atoms with Crippen LogP contribution in [-0.4, -0.2) is 90.7 Å². The summed E-state index contributed by atoms with van der Waals surface area (Å²) in [5.74, 6) is -1.66. The van der Waals surface area contributed by atoms with E-state index in [1.54, 1.807) is 52.1 Å². The Bertz CT molecular complexity index is 1230. The van der Waals surface area contributed by atoms with Crippen molar-refractivity contribution in [3.63, 3.8) is 0 Å². The maximum atomic E-state index is 13.4. The minimum Gasteiger partial charge on any atom is -0.507 e. The van der Waals surface area contributed by atoms with E-state index in [9.17, 15) is 19.5 Å². The number of aromatic nitrogens is 1. The van der Waals surface area contributed by atoms with Gasteiger partial charge in [0.25, 0.3) is 11.7 Å². The van der Waals surface area contributed by atoms with Crippen molar-refractivity contribution < 1.29 is 33.7 Å². The normalized spacial score (nSPS) is 19.7. The number of benzene rings is 1. The monoisotopic (exact) mass is 525 g/mol. The first-order valence-corrected chi connectivity index (χ1v) is 12.9. The number of likely N-dealkylation sites (tertiary alicyclic amines) is 1. The molecular formula is C28H35N3O7. The number of morpholine rings is 1. The molecule has 38 heavy (non-hydrogen) atoms. The van der Waals surface area contributed by atoms with Gasteiger partial charge in [-0.1, -0.05) is 12.1 Å². The van der Waals surface area contributed by atoms with E-state index in [2.05, 4.69) is 9.88 Å². The maximum absolute atomic E-state index is 13.4. The van der Waals surface area contributed by atoms with Gasteiger partial charge in [0, 0.05) is 37.4 Å². The van der Waals surface area contributed by atoms with Crippen molar-refractivity contribution in [1.29, 1.82) is 0 Å². The van der Waals surface area contributed by atoms with Gasteiger partial charge in [-0.3, -0.25) is 14.5 Å². The van der Waals surface area contributed by atoms with Gasteiger partial charge in [0.05, 0.1) is 38.5 Å². The third kappa shape index (κ3) is 5.32. The molecule has 4 rings (SSSR count). The molecule has 0 spiro atoms. The van der Waals surface area contributed by atoms with Crippen LogP contribution in [0.4, 0.5) is 0 Å². The lowest BCUT2D eigenvalue weighted by Crippen LogP contribution is -2.38. The number of aryl methyl sites for hydroxylation is 1. The van der Waals surface area contributed by atoms with Gasteiger partial charge >= 0.3 is 5.97 Å². The third-order valence-corrected chi connectivity index (χ3v) is 7.10. The quantitative estimate of drug-likeness (QED) is 0.222. The zero-order chi connectivity index (χ0) is 27.4. The fraction of sp³-hybridized carbons (Fsp3) is 0.464. The van der Waals surface area contributed by atoms with Crippen molar-refractivity contribution in [2.24, 2.45) is 0 Å². The van der Waals surface area contributed by atoms with Crippen LogP contribution in [0.3, 0.4) is 0 Å². The molecule has 2 fully saturated rings. The van der Waals surface area contributed by atoms with Crippen LogP contribution in [0, 0.1) is 13.8 Å². The molecule has 10 heteroatoms. The number of nitrogens with one attached hydrogen (secondary N) is 1. The molecule has 2 aliphatic rings. The standard InChI is InChI=1S/C28H35N3O7/c1-5-38-28(35)23-17(2)21(18(3)29-23)25(32)22-24(19-7-9-20(36-4)10-8-19)31(27(34)26(22)33)12-6-11-30-13-15-37-16-14-30/h7-10,24,29,32H,5-6,11-16H2,1-4H3/b25-22+. The smallest absolute Gasteiger partial charge is 0.355 e. The number of methoxy groups -OCH3 is 1. The Morgan fingerprint density at radius 2 is 1.82 bits per heavy atom. The number of H-pyrrole nitrogens is 1. The predicted molar refractivity (Wildman–Crippen MR) is 140 cm³/mol. The van der Waals surface area contributed by atoms with Crippen LogP contribution >= 0.6 is 0 Å². The molecule has 2 N–H and O–H groups in total. The Labute approximate surface area is 222 Å². The fourth-order valence-corrected chi connectivity index (χ4v) is 5.18. The first-order chi connectivity index (χ1) is 18.3. The summed E-state index contributed by atoms with van der Waals surface area (Å²) in [4.78, 5) is 45.9. The summed E-state index contributed by atoms with van der Waals surface area (Å²) in [5.41, 5.74) is 2.13. The van der Waals surface area contributed by atoms with Gasteiger partial charge in [-0.2, -0.15) is 0 Å². The Balaban J connectivity index is 1.73. The number of carbonyl (C=O) groups is 3. The summed E-state index contributed by atoms with van der Waals surface area (Å²) in [6.07, 6.45) is 0.662. The molecule has 0 saturated carbocycles. The molecule has 1 aromatic carbocycles. The van der Waals surface area contributed by atoms with E-state index in [4.69, 9.17) is 14.2 Å². The second kappa shape index (κ2) is 11.8. The molecule has 2 aliphatic heterocycles. The number of Topliss-reactive ketones (excluding diaryl/α,β-unsaturated/α-hetero) is 1. The van der Waals surface area contributed by atoms with Crippen LogP contribution in [-0.2, 0) is 19.1 Å². The van der Waals surface area contributed by atoms with Crippen molar-refractivity contribution in [2.45, 2.75) is 33.2 Å². The number of hydrogen-bond donors (Lipinski definition) is 2. The number of carbonyl (C=O) groups excluding carboxylic acids is 3. The SMILES string of the molecule is CCOC(=O)c1[nH]c(C)c(/C(O)=C2\C(=O)C(=O)N(CCCN3CCOCC3)C2c2ccc(OC)cc2)c1C. The number of ether oxygens (including phenoxy) is 3. The number of ketones is 1. The van der Waals surface area contributed by atoms with E-state index in [1.165, 1.54) is 4.90 Å². The molecule has 0 bridgehead atoms. The number of nitrogens with zero attached hydrogens (tertiary/aromatic N) is 2. The van der Waals surface area contributed by atoms with Crippen molar-refractivity contribution in [3.05, 3.63) is 57.9 Å². The van der Waals surface area contributed by atoms with Crippen LogP contribution < -0.4 is 4.74 Å². The molecule has 1 atom stereocenters. The summed E-state index contributed by atoms with van der Waals surface area (Å²) in [5, 5.41) is 11.5. The summed E-state index contributed by atoms with van der Waals surface area (Å²) in [6.45, 7) is 9.40. The molecule has 2 aromatic rings. The third-order valence-electron chi connectivity index (χ3n) is 7.10. The highest BCUT2D eigenvalue weighted by molar-refractivity contribution is 6.46. The van der Waals surface area contributed by atoms with Crippen molar-refractivity contribution in [3.8, 4) is 5.75 Å². The Hall–Kier alpha value is -3.63. The molecule has 1 aromatic heterocycles. The van der Waals surface area contributed by atoms with Crippen molar-refractivity contribution in [2.75, 3.05) is 53.1 Å². The number of rotatable bonds is 9. The number of esters is 1. The van der Waals surface area contributed by atoms with Gasteiger partial charge in [0.2, 0.25) is 0 Å². The number of amides is 1. The maximum Gasteiger partial charge on any atom is 0.355 e. The molecular weight excluding hydrogens is 490 g/mol. The van der Waals surface area contributed by atoms with E-state index < -0.39 is 23.7 Å². The highest BCUT2D eigenvalue weighted by atomic mass is 16.5. The lowest BCUT2D eigenvalue weighted by molar-refractivity contribution is -0.140. The number of aliphatic hydroxyl groups is 1. The molecule has 10 nitrogen and oxygen atoms in total. The fourth-order valence-electron chi connectivity index (χ4n) is 5.18. The second-order valence-corrected chi connectivity index (χ2v) is 9.42. The lowest BCUT2D eigenvalue weighted by Gasteiger charge is -2.29. The molecule has 3 heterocycles. The van der Waals surface area contributed by atoms with E-state index in [-0.39, 0.29) is 23.6 Å². The van der Waals surface area contributed by atoms with E-state index in [1.807, 2.05) is 0 Å². The minimum atomic E-state index is -0.787. The van der Waals surface area contributed by atoms with Gasteiger partial charge in [-0.15, -0.1) is 0 Å². The largest absolute Gasteiger partial charge is 0.507 e. The van der Waals surface area contributed by atoms with Crippen LogP contribution in [0.1, 0.15) is 52.3 Å². The highest BCUT2D eigenvalue weighted by Crippen LogP contribution is 2.41. The second-order valence-electron chi connectivity index (χ2n) is 9.42. The van der Waals surface area contributed by atoms with Gasteiger partial charge in [0.15, 0.2) is 0 Å². The predicted octanol–water partition coefficient (Wildman–Crippen LogP) is 2.96. The minimum absolute atomic E-state index is 0.00727. The van der Waals surface area contributed by atoms with Gasteiger partial charge in [0.1, 0.15) is 17.2 Å². The average molecular weight is 526 g/mol. The van der Waals surface area contributed by atoms with E-state index >= 15 is 0 Å². The van der Waals surface area contributed by atoms with Crippen LogP contribution in [0.25, 0.3) is 5.76 Å². The first-order valence-electron chi connectivity index (χ1n) is 12.9. The molecule has 0 radical (unpaired) electrons. The average Bonchev–Trinajstić information content (AvgIpc) is 3.36. The zero-order valence-corrected chi connectivity index (χ0v) is 22.3. The first kappa shape index (κ1) is 27.4. The molecule has 2 saturated heterocycles. The Kier molecular flexibility index (Phi) is 8.53. The van der Waals surface area contributed by atoms with Gasteiger partial charge in [-0.25, -0.2) is 4.79 Å². The highest BCUT2D eigenvalue weighted by Gasteiger charge is 2.46. The number of aliphatic hydroxyl groups excluding tert-OH is 1. The summed E-state index contributed by atoms with van der Waals surface area (Å²) < 4.78 is 15.8. The summed E-state index contributed by atoms with van der Waals surface area (Å²) in [7, 11) is 1.56. The van der Waals surface area contributed by atoms with Crippen LogP contribution in [0.5, 0.6) is 5.75 Å². The van der Waals surface area contributed by atoms with Crippen molar-refractivity contribution >= 4 is 23.4 Å². The molecule has 1 amide bonds. The number of hydrogen-bond acceptors (Lipinski definition) is 8. The Morgan fingerprint density at radius 3 is 2.45 bits per heavy atom. The van der Waals surface area contributed by atoms with E-state index in [0.717, 1.165) is 19.6 Å². The van der Waals surface area contributed by atoms with Crippen LogP contribution in [0.2, 0.25) is 0 Å². The Morgan fingerprint density at radius 1 is 1.13 bits per heavy atom.